The number of carbonyl (C=O) groups excluding carboxylic acids is 2. The molecule has 0 bridgehead atoms. The molecule has 0 fully saturated rings. The van der Waals surface area contributed by atoms with Gasteiger partial charge in [-0.25, -0.2) is 13.2 Å². The minimum atomic E-state index is -3.91. The minimum Gasteiger partial charge on any atom is -0.490 e. The lowest BCUT2D eigenvalue weighted by atomic mass is 10.0. The maximum atomic E-state index is 12.9. The average molecular weight is 422 g/mol. The van der Waals surface area contributed by atoms with E-state index in [1.807, 2.05) is 25.1 Å². The number of sulfone groups is 1. The van der Waals surface area contributed by atoms with Gasteiger partial charge in [-0.3, -0.25) is 4.79 Å². The second-order valence-corrected chi connectivity index (χ2v) is 8.73. The molecule has 152 valence electrons. The molecule has 0 aliphatic carbocycles. The highest BCUT2D eigenvalue weighted by atomic mass is 32.2. The molecule has 7 heteroatoms. The Morgan fingerprint density at radius 2 is 1.63 bits per heavy atom. The molecule has 0 N–H and O–H groups in total. The number of benzene rings is 3. The van der Waals surface area contributed by atoms with Gasteiger partial charge in [0.2, 0.25) is 9.84 Å². The monoisotopic (exact) mass is 422 g/mol. The number of ketones is 1. The van der Waals surface area contributed by atoms with Crippen molar-refractivity contribution in [1.29, 1.82) is 0 Å². The number of rotatable bonds is 5. The van der Waals surface area contributed by atoms with Crippen molar-refractivity contribution < 1.29 is 27.5 Å². The maximum absolute atomic E-state index is 12.9. The third-order valence-corrected chi connectivity index (χ3v) is 6.60. The Morgan fingerprint density at radius 1 is 0.867 bits per heavy atom. The number of hydrogen-bond acceptors (Lipinski definition) is 6. The largest absolute Gasteiger partial charge is 0.490 e. The molecule has 1 aliphatic heterocycles. The summed E-state index contributed by atoms with van der Waals surface area (Å²) in [6.07, 6.45) is 0. The van der Waals surface area contributed by atoms with Crippen LogP contribution in [0, 0.1) is 6.92 Å². The van der Waals surface area contributed by atoms with Crippen LogP contribution < -0.4 is 4.74 Å². The van der Waals surface area contributed by atoms with E-state index < -0.39 is 15.8 Å². The highest BCUT2D eigenvalue weighted by Gasteiger charge is 2.35. The predicted molar refractivity (Wildman–Crippen MR) is 109 cm³/mol. The van der Waals surface area contributed by atoms with Crippen molar-refractivity contribution in [3.63, 3.8) is 0 Å². The summed E-state index contributed by atoms with van der Waals surface area (Å²) < 4.78 is 36.6. The van der Waals surface area contributed by atoms with Gasteiger partial charge in [-0.1, -0.05) is 24.3 Å². The molecule has 0 aromatic heterocycles. The number of ether oxygens (including phenoxy) is 2. The molecule has 1 aliphatic rings. The van der Waals surface area contributed by atoms with Crippen molar-refractivity contribution in [2.24, 2.45) is 0 Å². The van der Waals surface area contributed by atoms with Crippen LogP contribution in [0.15, 0.2) is 76.5 Å². The highest BCUT2D eigenvalue weighted by molar-refractivity contribution is 7.91. The summed E-state index contributed by atoms with van der Waals surface area (Å²) in [7, 11) is -3.91. The normalized spacial score (nSPS) is 13.8. The number of fused-ring (bicyclic) bond motifs is 2. The number of carbonyl (C=O) groups is 2. The van der Waals surface area contributed by atoms with Gasteiger partial charge in [0.25, 0.3) is 0 Å². The zero-order valence-corrected chi connectivity index (χ0v) is 16.9. The van der Waals surface area contributed by atoms with Crippen LogP contribution >= 0.6 is 0 Å². The molecule has 0 amide bonds. The summed E-state index contributed by atoms with van der Waals surface area (Å²) in [5.41, 5.74) is 1.29. The summed E-state index contributed by atoms with van der Waals surface area (Å²) in [6.45, 7) is 2.10. The molecule has 0 saturated carbocycles. The summed E-state index contributed by atoms with van der Waals surface area (Å²) >= 11 is 0. The van der Waals surface area contributed by atoms with Crippen LogP contribution in [-0.2, 0) is 14.6 Å². The van der Waals surface area contributed by atoms with Crippen LogP contribution in [-0.4, -0.2) is 33.4 Å². The van der Waals surface area contributed by atoms with Crippen molar-refractivity contribution in [2.75, 3.05) is 13.2 Å². The van der Waals surface area contributed by atoms with Crippen LogP contribution in [0.4, 0.5) is 0 Å². The fraction of sp³-hybridized carbons (Fsp3) is 0.130. The molecular formula is C23H18O6S. The van der Waals surface area contributed by atoms with Crippen LogP contribution in [0.1, 0.15) is 31.8 Å². The van der Waals surface area contributed by atoms with Crippen molar-refractivity contribution in [2.45, 2.75) is 16.7 Å². The van der Waals surface area contributed by atoms with Gasteiger partial charge in [-0.05, 0) is 55.0 Å². The van der Waals surface area contributed by atoms with E-state index in [1.165, 1.54) is 30.3 Å². The predicted octanol–water partition coefficient (Wildman–Crippen LogP) is 3.61. The van der Waals surface area contributed by atoms with Gasteiger partial charge in [-0.2, -0.15) is 0 Å². The van der Waals surface area contributed by atoms with Gasteiger partial charge in [-0.15, -0.1) is 0 Å². The van der Waals surface area contributed by atoms with Crippen molar-refractivity contribution in [3.05, 3.63) is 89.0 Å². The van der Waals surface area contributed by atoms with E-state index in [1.54, 1.807) is 18.2 Å². The fourth-order valence-electron chi connectivity index (χ4n) is 3.29. The zero-order chi connectivity index (χ0) is 21.3. The van der Waals surface area contributed by atoms with Crippen LogP contribution in [0.2, 0.25) is 0 Å². The maximum Gasteiger partial charge on any atom is 0.338 e. The zero-order valence-electron chi connectivity index (χ0n) is 16.1. The topological polar surface area (TPSA) is 86.7 Å². The Kier molecular flexibility index (Phi) is 5.13. The third kappa shape index (κ3) is 3.59. The number of aryl methyl sites for hydroxylation is 1. The standard InChI is InChI=1S/C23H18O6S/c1-15-5-4-6-17(13-15)28-11-12-29-23(25)16-9-10-19-21(14-16)30(26,27)20-8-3-2-7-18(20)22(19)24/h2-10,13-14H,11-12H2,1H3. The first kappa shape index (κ1) is 19.8. The van der Waals surface area contributed by atoms with E-state index in [0.29, 0.717) is 5.75 Å². The molecule has 0 saturated heterocycles. The molecule has 6 nitrogen and oxygen atoms in total. The molecule has 0 unspecified atom stereocenters. The highest BCUT2D eigenvalue weighted by Crippen LogP contribution is 2.34. The lowest BCUT2D eigenvalue weighted by Crippen LogP contribution is -2.21. The van der Waals surface area contributed by atoms with E-state index in [4.69, 9.17) is 9.47 Å². The van der Waals surface area contributed by atoms with E-state index in [9.17, 15) is 18.0 Å². The fourth-order valence-corrected chi connectivity index (χ4v) is 4.97. The SMILES string of the molecule is Cc1cccc(OCCOC(=O)c2ccc3c(c2)S(=O)(=O)c2ccccc2C3=O)c1. The van der Waals surface area contributed by atoms with Gasteiger partial charge in [0, 0.05) is 11.1 Å². The molecule has 4 rings (SSSR count). The quantitative estimate of drug-likeness (QED) is 0.361. The second kappa shape index (κ2) is 7.76. The Morgan fingerprint density at radius 3 is 2.43 bits per heavy atom. The first-order valence-corrected chi connectivity index (χ1v) is 10.8. The number of hydrogen-bond donors (Lipinski definition) is 0. The number of esters is 1. The molecule has 0 spiro atoms. The molecule has 0 atom stereocenters. The van der Waals surface area contributed by atoms with Gasteiger partial charge in [0.1, 0.15) is 19.0 Å². The van der Waals surface area contributed by atoms with Gasteiger partial charge in [0.05, 0.1) is 15.4 Å². The van der Waals surface area contributed by atoms with Crippen molar-refractivity contribution >= 4 is 21.6 Å². The Bertz CT molecular complexity index is 1260. The summed E-state index contributed by atoms with van der Waals surface area (Å²) in [5, 5.41) is 0. The molecule has 0 radical (unpaired) electrons. The van der Waals surface area contributed by atoms with Gasteiger partial charge < -0.3 is 9.47 Å². The lowest BCUT2D eigenvalue weighted by molar-refractivity contribution is 0.0450. The molecule has 3 aromatic rings. The Hall–Kier alpha value is -3.45. The third-order valence-electron chi connectivity index (χ3n) is 4.75. The Labute approximate surface area is 174 Å². The Balaban J connectivity index is 1.49. The second-order valence-electron chi connectivity index (χ2n) is 6.84. The van der Waals surface area contributed by atoms with E-state index in [2.05, 4.69) is 0 Å². The van der Waals surface area contributed by atoms with Crippen molar-refractivity contribution in [1.82, 2.24) is 0 Å². The molecular weight excluding hydrogens is 404 g/mol. The minimum absolute atomic E-state index is 0.00161. The van der Waals surface area contributed by atoms with E-state index in [0.717, 1.165) is 5.56 Å². The van der Waals surface area contributed by atoms with Crippen LogP contribution in [0.3, 0.4) is 0 Å². The summed E-state index contributed by atoms with van der Waals surface area (Å²) in [4.78, 5) is 24.8. The van der Waals surface area contributed by atoms with Gasteiger partial charge in [0.15, 0.2) is 5.78 Å². The first-order chi connectivity index (χ1) is 14.4. The summed E-state index contributed by atoms with van der Waals surface area (Å²) in [6, 6.07) is 17.5. The van der Waals surface area contributed by atoms with Crippen LogP contribution in [0.25, 0.3) is 0 Å². The van der Waals surface area contributed by atoms with Crippen LogP contribution in [0.5, 0.6) is 5.75 Å². The van der Waals surface area contributed by atoms with Gasteiger partial charge >= 0.3 is 5.97 Å². The molecule has 1 heterocycles. The molecule has 3 aromatic carbocycles. The average Bonchev–Trinajstić information content (AvgIpc) is 2.75. The molecule has 30 heavy (non-hydrogen) atoms. The van der Waals surface area contributed by atoms with E-state index >= 15 is 0 Å². The lowest BCUT2D eigenvalue weighted by Gasteiger charge is -2.19. The van der Waals surface area contributed by atoms with Crippen molar-refractivity contribution in [3.8, 4) is 5.75 Å². The van der Waals surface area contributed by atoms with E-state index in [-0.39, 0.29) is 45.5 Å². The smallest absolute Gasteiger partial charge is 0.338 e. The first-order valence-electron chi connectivity index (χ1n) is 9.27. The summed E-state index contributed by atoms with van der Waals surface area (Å²) in [5.74, 6) is -0.405.